The highest BCUT2D eigenvalue weighted by atomic mass is 32.2. The Morgan fingerprint density at radius 3 is 2.55 bits per heavy atom. The maximum Gasteiger partial charge on any atom is 0.238 e. The summed E-state index contributed by atoms with van der Waals surface area (Å²) >= 11 is 1.57. The molecular formula is C13H17N3O2S2. The van der Waals surface area contributed by atoms with Crippen molar-refractivity contribution >= 4 is 27.0 Å². The zero-order valence-corrected chi connectivity index (χ0v) is 13.2. The summed E-state index contributed by atoms with van der Waals surface area (Å²) < 4.78 is 23.0. The van der Waals surface area contributed by atoms with Gasteiger partial charge >= 0.3 is 0 Å². The number of hydrogen-bond acceptors (Lipinski definition) is 5. The van der Waals surface area contributed by atoms with Gasteiger partial charge in [-0.2, -0.15) is 0 Å². The maximum atomic E-state index is 11.5. The third-order valence-corrected chi connectivity index (χ3v) is 5.08. The van der Waals surface area contributed by atoms with Crippen LogP contribution >= 0.6 is 11.3 Å². The van der Waals surface area contributed by atoms with Gasteiger partial charge in [-0.3, -0.25) is 0 Å². The summed E-state index contributed by atoms with van der Waals surface area (Å²) in [6.45, 7) is 6.38. The Balaban J connectivity index is 2.32. The Kier molecular flexibility index (Phi) is 4.12. The van der Waals surface area contributed by atoms with E-state index in [1.54, 1.807) is 29.0 Å². The second-order valence-corrected chi connectivity index (χ2v) is 7.17. The van der Waals surface area contributed by atoms with Gasteiger partial charge in [0.25, 0.3) is 0 Å². The van der Waals surface area contributed by atoms with E-state index < -0.39 is 10.0 Å². The van der Waals surface area contributed by atoms with Gasteiger partial charge in [-0.25, -0.2) is 18.5 Å². The fourth-order valence-electron chi connectivity index (χ4n) is 1.85. The summed E-state index contributed by atoms with van der Waals surface area (Å²) in [4.78, 5) is 5.44. The van der Waals surface area contributed by atoms with E-state index in [0.29, 0.717) is 6.54 Å². The van der Waals surface area contributed by atoms with E-state index in [4.69, 9.17) is 5.14 Å². The van der Waals surface area contributed by atoms with Gasteiger partial charge in [0.2, 0.25) is 10.0 Å². The molecule has 0 atom stereocenters. The summed E-state index contributed by atoms with van der Waals surface area (Å²) in [5.41, 5.74) is 5.46. The summed E-state index contributed by atoms with van der Waals surface area (Å²) in [5, 5.41) is 8.46. The molecule has 0 saturated heterocycles. The Hall–Kier alpha value is -1.44. The number of nitrogens with one attached hydrogen (secondary N) is 1. The summed E-state index contributed by atoms with van der Waals surface area (Å²) in [6, 6.07) is 3.17. The molecule has 1 aromatic heterocycles. The topological polar surface area (TPSA) is 85.1 Å². The van der Waals surface area contributed by atoms with Crippen molar-refractivity contribution in [3.63, 3.8) is 0 Å². The van der Waals surface area contributed by atoms with Crippen molar-refractivity contribution in [1.82, 2.24) is 4.98 Å². The Morgan fingerprint density at radius 1 is 1.30 bits per heavy atom. The second kappa shape index (κ2) is 5.51. The molecule has 1 aromatic carbocycles. The van der Waals surface area contributed by atoms with E-state index >= 15 is 0 Å². The number of aromatic nitrogens is 1. The van der Waals surface area contributed by atoms with Crippen molar-refractivity contribution in [2.45, 2.75) is 32.2 Å². The average molecular weight is 311 g/mol. The standard InChI is InChI=1S/C13H17N3O2S2/c1-8-4-11(20(14,17)18)5-12(9(8)2)15-6-13-10(3)16-7-19-13/h4-5,7,15H,6H2,1-3H3,(H2,14,17,18). The monoisotopic (exact) mass is 311 g/mol. The van der Waals surface area contributed by atoms with Gasteiger partial charge in [-0.05, 0) is 44.0 Å². The minimum absolute atomic E-state index is 0.129. The molecule has 2 rings (SSSR count). The van der Waals surface area contributed by atoms with Crippen molar-refractivity contribution in [1.29, 1.82) is 0 Å². The Labute approximate surface area is 122 Å². The Morgan fingerprint density at radius 2 is 2.00 bits per heavy atom. The van der Waals surface area contributed by atoms with Crippen LogP contribution in [0.25, 0.3) is 0 Å². The molecule has 7 heteroatoms. The van der Waals surface area contributed by atoms with Gasteiger partial charge in [-0.15, -0.1) is 11.3 Å². The molecule has 0 unspecified atom stereocenters. The van der Waals surface area contributed by atoms with E-state index in [9.17, 15) is 8.42 Å². The van der Waals surface area contributed by atoms with Crippen LogP contribution in [0.5, 0.6) is 0 Å². The van der Waals surface area contributed by atoms with Crippen LogP contribution in [-0.4, -0.2) is 13.4 Å². The van der Waals surface area contributed by atoms with Crippen LogP contribution in [0.1, 0.15) is 21.7 Å². The lowest BCUT2D eigenvalue weighted by Gasteiger charge is -2.13. The van der Waals surface area contributed by atoms with Gasteiger partial charge in [0.05, 0.1) is 22.6 Å². The van der Waals surface area contributed by atoms with Crippen LogP contribution in [0.15, 0.2) is 22.5 Å². The van der Waals surface area contributed by atoms with E-state index in [1.807, 2.05) is 20.8 Å². The fraction of sp³-hybridized carbons (Fsp3) is 0.308. The molecule has 2 aromatic rings. The first-order valence-corrected chi connectivity index (χ1v) is 8.48. The zero-order valence-electron chi connectivity index (χ0n) is 11.6. The number of nitrogens with zero attached hydrogens (tertiary/aromatic N) is 1. The molecule has 0 aliphatic heterocycles. The number of rotatable bonds is 4. The largest absolute Gasteiger partial charge is 0.380 e. The van der Waals surface area contributed by atoms with Crippen LogP contribution in [0.2, 0.25) is 0 Å². The van der Waals surface area contributed by atoms with Crippen molar-refractivity contribution < 1.29 is 8.42 Å². The molecule has 0 amide bonds. The predicted molar refractivity (Wildman–Crippen MR) is 81.5 cm³/mol. The first-order valence-electron chi connectivity index (χ1n) is 6.06. The third kappa shape index (κ3) is 3.17. The Bertz CT molecular complexity index is 736. The molecule has 108 valence electrons. The lowest BCUT2D eigenvalue weighted by molar-refractivity contribution is 0.597. The smallest absolute Gasteiger partial charge is 0.238 e. The first kappa shape index (κ1) is 15.0. The van der Waals surface area contributed by atoms with Gasteiger partial charge < -0.3 is 5.32 Å². The minimum Gasteiger partial charge on any atom is -0.380 e. The van der Waals surface area contributed by atoms with Crippen molar-refractivity contribution in [2.24, 2.45) is 5.14 Å². The molecule has 3 N–H and O–H groups in total. The number of sulfonamides is 1. The second-order valence-electron chi connectivity index (χ2n) is 4.67. The van der Waals surface area contributed by atoms with E-state index in [1.165, 1.54) is 0 Å². The normalized spacial score (nSPS) is 11.6. The number of nitrogens with two attached hydrogens (primary N) is 1. The molecule has 20 heavy (non-hydrogen) atoms. The SMILES string of the molecule is Cc1cc(S(N)(=O)=O)cc(NCc2scnc2C)c1C. The molecule has 1 heterocycles. The highest BCUT2D eigenvalue weighted by molar-refractivity contribution is 7.89. The van der Waals surface area contributed by atoms with Crippen LogP contribution < -0.4 is 10.5 Å². The molecule has 0 spiro atoms. The lowest BCUT2D eigenvalue weighted by Crippen LogP contribution is -2.13. The van der Waals surface area contributed by atoms with Crippen LogP contribution in [0.3, 0.4) is 0 Å². The van der Waals surface area contributed by atoms with Crippen molar-refractivity contribution in [2.75, 3.05) is 5.32 Å². The number of aryl methyl sites for hydroxylation is 2. The molecule has 0 saturated carbocycles. The molecule has 0 fully saturated rings. The molecule has 0 aliphatic carbocycles. The van der Waals surface area contributed by atoms with Crippen LogP contribution in [0.4, 0.5) is 5.69 Å². The van der Waals surface area contributed by atoms with Gasteiger partial charge in [0, 0.05) is 10.6 Å². The van der Waals surface area contributed by atoms with Crippen molar-refractivity contribution in [3.8, 4) is 0 Å². The lowest BCUT2D eigenvalue weighted by atomic mass is 10.1. The molecule has 0 bridgehead atoms. The first-order chi connectivity index (χ1) is 9.29. The number of thiazole rings is 1. The number of primary sulfonamides is 1. The van der Waals surface area contributed by atoms with Gasteiger partial charge in [0.15, 0.2) is 0 Å². The van der Waals surface area contributed by atoms with E-state index in [0.717, 1.165) is 27.4 Å². The summed E-state index contributed by atoms with van der Waals surface area (Å²) in [6.07, 6.45) is 0. The van der Waals surface area contributed by atoms with Crippen LogP contribution in [0, 0.1) is 20.8 Å². The van der Waals surface area contributed by atoms with E-state index in [-0.39, 0.29) is 4.90 Å². The average Bonchev–Trinajstić information content (AvgIpc) is 2.75. The quantitative estimate of drug-likeness (QED) is 0.907. The highest BCUT2D eigenvalue weighted by Gasteiger charge is 2.13. The fourth-order valence-corrected chi connectivity index (χ4v) is 3.19. The minimum atomic E-state index is -3.69. The van der Waals surface area contributed by atoms with Crippen molar-refractivity contribution in [3.05, 3.63) is 39.3 Å². The summed E-state index contributed by atoms with van der Waals surface area (Å²) in [5.74, 6) is 0. The predicted octanol–water partition coefficient (Wildman–Crippen LogP) is 2.33. The van der Waals surface area contributed by atoms with Gasteiger partial charge in [0.1, 0.15) is 0 Å². The van der Waals surface area contributed by atoms with Crippen LogP contribution in [-0.2, 0) is 16.6 Å². The number of anilines is 1. The molecular weight excluding hydrogens is 294 g/mol. The molecule has 5 nitrogen and oxygen atoms in total. The van der Waals surface area contributed by atoms with E-state index in [2.05, 4.69) is 10.3 Å². The van der Waals surface area contributed by atoms with Gasteiger partial charge in [-0.1, -0.05) is 0 Å². The zero-order chi connectivity index (χ0) is 14.9. The third-order valence-electron chi connectivity index (χ3n) is 3.25. The number of hydrogen-bond donors (Lipinski definition) is 2. The number of benzene rings is 1. The maximum absolute atomic E-state index is 11.5. The molecule has 0 radical (unpaired) electrons. The highest BCUT2D eigenvalue weighted by Crippen LogP contribution is 2.24. The molecule has 0 aliphatic rings. The summed E-state index contributed by atoms with van der Waals surface area (Å²) in [7, 11) is -3.69.